The van der Waals surface area contributed by atoms with Crippen molar-refractivity contribution in [3.63, 3.8) is 0 Å². The summed E-state index contributed by atoms with van der Waals surface area (Å²) >= 11 is 3.33. The number of amides is 1. The molecule has 6 nitrogen and oxygen atoms in total. The number of phenolic OH excluding ortho intramolecular Hbond substituents is 1. The highest BCUT2D eigenvalue weighted by Gasteiger charge is 2.17. The monoisotopic (exact) mass is 579 g/mol. The zero-order valence-corrected chi connectivity index (χ0v) is 24.5. The summed E-state index contributed by atoms with van der Waals surface area (Å²) in [6, 6.07) is 22.0. The molecular weight excluding hydrogens is 542 g/mol. The van der Waals surface area contributed by atoms with Crippen molar-refractivity contribution in [3.05, 3.63) is 94.0 Å². The number of Topliss-reactive ketones (excluding diaryl/α,β-unsaturated/α-hetero) is 1. The molecule has 0 aliphatic rings. The van der Waals surface area contributed by atoms with Crippen LogP contribution in [0.1, 0.15) is 59.9 Å². The highest BCUT2D eigenvalue weighted by Crippen LogP contribution is 2.31. The van der Waals surface area contributed by atoms with Gasteiger partial charge < -0.3 is 14.9 Å². The van der Waals surface area contributed by atoms with Gasteiger partial charge in [-0.25, -0.2) is 0 Å². The van der Waals surface area contributed by atoms with Crippen LogP contribution in [0.4, 0.5) is 5.69 Å². The Morgan fingerprint density at radius 2 is 1.55 bits per heavy atom. The van der Waals surface area contributed by atoms with Crippen molar-refractivity contribution in [2.24, 2.45) is 5.92 Å². The first-order chi connectivity index (χ1) is 18.0. The fourth-order valence-corrected chi connectivity index (χ4v) is 4.20. The molecule has 202 valence electrons. The Hall–Kier alpha value is -3.45. The van der Waals surface area contributed by atoms with E-state index in [2.05, 4.69) is 29.8 Å². The first-order valence-corrected chi connectivity index (χ1v) is 13.5. The number of phenols is 1. The third-order valence-corrected chi connectivity index (χ3v) is 6.42. The number of aromatic hydroxyl groups is 1. The van der Waals surface area contributed by atoms with Crippen molar-refractivity contribution in [2.75, 3.05) is 25.0 Å². The van der Waals surface area contributed by atoms with Crippen molar-refractivity contribution in [2.45, 2.75) is 40.5 Å². The van der Waals surface area contributed by atoms with Gasteiger partial charge in [0.2, 0.25) is 0 Å². The molecule has 38 heavy (non-hydrogen) atoms. The highest BCUT2D eigenvalue weighted by atomic mass is 79.9. The summed E-state index contributed by atoms with van der Waals surface area (Å²) in [5, 5.41) is 18.2. The second-order valence-electron chi connectivity index (χ2n) is 9.65. The van der Waals surface area contributed by atoms with Gasteiger partial charge in [0, 0.05) is 42.2 Å². The number of hydrogen-bond donors (Lipinski definition) is 2. The SMILES string of the molecule is CC(=N)N(CCCN(C)C(=O)c1ccccc1)c1c(C)cccc1O.CC(C)CC(=O)c1ccc(Br)cc1. The molecule has 0 aromatic heterocycles. The van der Waals surface area contributed by atoms with E-state index in [9.17, 15) is 14.7 Å². The Morgan fingerprint density at radius 1 is 0.921 bits per heavy atom. The quantitative estimate of drug-likeness (QED) is 0.158. The molecule has 0 unspecified atom stereocenters. The summed E-state index contributed by atoms with van der Waals surface area (Å²) in [5.41, 5.74) is 3.05. The van der Waals surface area contributed by atoms with Gasteiger partial charge in [0.05, 0.1) is 11.5 Å². The summed E-state index contributed by atoms with van der Waals surface area (Å²) in [5.74, 6) is 1.16. The topological polar surface area (TPSA) is 84.7 Å². The summed E-state index contributed by atoms with van der Waals surface area (Å²) in [4.78, 5) is 27.4. The predicted molar refractivity (Wildman–Crippen MR) is 160 cm³/mol. The Labute approximate surface area is 234 Å². The number of nitrogens with zero attached hydrogens (tertiary/aromatic N) is 2. The van der Waals surface area contributed by atoms with Crippen molar-refractivity contribution in [3.8, 4) is 5.75 Å². The number of benzene rings is 3. The number of hydrogen-bond acceptors (Lipinski definition) is 4. The number of nitrogens with one attached hydrogen (secondary N) is 1. The van der Waals surface area contributed by atoms with Crippen LogP contribution >= 0.6 is 15.9 Å². The minimum absolute atomic E-state index is 0.0162. The zero-order chi connectivity index (χ0) is 28.2. The maximum Gasteiger partial charge on any atom is 0.253 e. The van der Waals surface area contributed by atoms with Gasteiger partial charge in [0.15, 0.2) is 5.78 Å². The molecule has 0 fully saturated rings. The minimum Gasteiger partial charge on any atom is -0.506 e. The molecule has 0 bridgehead atoms. The Balaban J connectivity index is 0.000000328. The lowest BCUT2D eigenvalue weighted by Crippen LogP contribution is -2.34. The number of anilines is 1. The van der Waals surface area contributed by atoms with E-state index in [1.165, 1.54) is 0 Å². The van der Waals surface area contributed by atoms with Crippen LogP contribution in [0.2, 0.25) is 0 Å². The molecule has 0 spiro atoms. The smallest absolute Gasteiger partial charge is 0.253 e. The van der Waals surface area contributed by atoms with E-state index in [0.29, 0.717) is 48.9 Å². The Bertz CT molecular complexity index is 1190. The van der Waals surface area contributed by atoms with Gasteiger partial charge in [-0.3, -0.25) is 15.0 Å². The van der Waals surface area contributed by atoms with E-state index >= 15 is 0 Å². The van der Waals surface area contributed by atoms with Crippen LogP contribution in [0.5, 0.6) is 5.75 Å². The van der Waals surface area contributed by atoms with Crippen molar-refractivity contribution >= 4 is 39.1 Å². The largest absolute Gasteiger partial charge is 0.506 e. The molecule has 0 atom stereocenters. The Kier molecular flexibility index (Phi) is 12.2. The van der Waals surface area contributed by atoms with Crippen LogP contribution in [-0.4, -0.2) is 47.7 Å². The summed E-state index contributed by atoms with van der Waals surface area (Å²) in [6.45, 7) is 8.85. The van der Waals surface area contributed by atoms with Crippen molar-refractivity contribution in [1.82, 2.24) is 4.90 Å². The lowest BCUT2D eigenvalue weighted by atomic mass is 10.0. The second kappa shape index (κ2) is 15.1. The van der Waals surface area contributed by atoms with Gasteiger partial charge in [-0.1, -0.05) is 72.2 Å². The number of carbonyl (C=O) groups is 2. The zero-order valence-electron chi connectivity index (χ0n) is 22.9. The van der Waals surface area contributed by atoms with Crippen LogP contribution in [0.15, 0.2) is 77.3 Å². The third-order valence-electron chi connectivity index (χ3n) is 5.89. The number of rotatable bonds is 9. The molecule has 3 aromatic rings. The van der Waals surface area contributed by atoms with Gasteiger partial charge in [-0.15, -0.1) is 0 Å². The van der Waals surface area contributed by atoms with Crippen molar-refractivity contribution < 1.29 is 14.7 Å². The molecular formula is C31H38BrN3O3. The number of halogens is 1. The average Bonchev–Trinajstić information content (AvgIpc) is 2.87. The van der Waals surface area contributed by atoms with E-state index in [0.717, 1.165) is 15.6 Å². The number of aryl methyl sites for hydroxylation is 1. The normalized spacial score (nSPS) is 10.4. The maximum absolute atomic E-state index is 12.4. The van der Waals surface area contributed by atoms with Gasteiger partial charge >= 0.3 is 0 Å². The molecule has 2 N–H and O–H groups in total. The summed E-state index contributed by atoms with van der Waals surface area (Å²) in [7, 11) is 1.78. The Morgan fingerprint density at radius 3 is 2.11 bits per heavy atom. The molecule has 0 aliphatic carbocycles. The molecule has 1 amide bonds. The van der Waals surface area contributed by atoms with Gasteiger partial charge in [-0.2, -0.15) is 0 Å². The van der Waals surface area contributed by atoms with Crippen LogP contribution in [0.3, 0.4) is 0 Å². The molecule has 7 heteroatoms. The lowest BCUT2D eigenvalue weighted by molar-refractivity contribution is 0.0794. The van der Waals surface area contributed by atoms with Gasteiger partial charge in [0.1, 0.15) is 5.75 Å². The summed E-state index contributed by atoms with van der Waals surface area (Å²) in [6.07, 6.45) is 1.32. The van der Waals surface area contributed by atoms with Crippen LogP contribution in [0.25, 0.3) is 0 Å². The van der Waals surface area contributed by atoms with Gasteiger partial charge in [-0.05, 0) is 62.1 Å². The molecule has 0 saturated carbocycles. The van der Waals surface area contributed by atoms with E-state index in [1.54, 1.807) is 48.0 Å². The van der Waals surface area contributed by atoms with E-state index in [4.69, 9.17) is 5.41 Å². The first kappa shape index (κ1) is 30.8. The fraction of sp³-hybridized carbons (Fsp3) is 0.323. The molecule has 0 radical (unpaired) electrons. The first-order valence-electron chi connectivity index (χ1n) is 12.7. The minimum atomic E-state index is -0.0162. The second-order valence-corrected chi connectivity index (χ2v) is 10.6. The van der Waals surface area contributed by atoms with Crippen LogP contribution < -0.4 is 4.90 Å². The number of carbonyl (C=O) groups excluding carboxylic acids is 2. The van der Waals surface area contributed by atoms with E-state index < -0.39 is 0 Å². The summed E-state index contributed by atoms with van der Waals surface area (Å²) < 4.78 is 1.01. The van der Waals surface area contributed by atoms with E-state index in [1.807, 2.05) is 55.5 Å². The standard InChI is InChI=1S/C20H25N3O2.C11H13BrO/c1-15-9-7-12-18(24)19(15)23(16(2)21)14-8-13-22(3)20(25)17-10-5-4-6-11-17;1-8(2)7-11(13)9-3-5-10(12)6-4-9/h4-7,9-12,21,24H,8,13-14H2,1-3H3;3-6,8H,7H2,1-2H3. The maximum atomic E-state index is 12.4. The number of para-hydroxylation sites is 1. The fourth-order valence-electron chi connectivity index (χ4n) is 3.93. The molecule has 3 aromatic carbocycles. The van der Waals surface area contributed by atoms with Crippen LogP contribution in [0, 0.1) is 18.3 Å². The third kappa shape index (κ3) is 9.45. The molecule has 0 saturated heterocycles. The molecule has 0 aliphatic heterocycles. The van der Waals surface area contributed by atoms with Crippen molar-refractivity contribution in [1.29, 1.82) is 5.41 Å². The molecule has 0 heterocycles. The number of amidine groups is 1. The lowest BCUT2D eigenvalue weighted by Gasteiger charge is -2.27. The predicted octanol–water partition coefficient (Wildman–Crippen LogP) is 7.34. The average molecular weight is 581 g/mol. The van der Waals surface area contributed by atoms with E-state index in [-0.39, 0.29) is 17.4 Å². The molecule has 3 rings (SSSR count). The highest BCUT2D eigenvalue weighted by molar-refractivity contribution is 9.10. The van der Waals surface area contributed by atoms with Crippen LogP contribution in [-0.2, 0) is 0 Å². The van der Waals surface area contributed by atoms with Gasteiger partial charge in [0.25, 0.3) is 5.91 Å². The number of ketones is 1.